The molecule has 9 heteroatoms. The molecule has 0 N–H and O–H groups in total. The number of benzene rings is 2. The minimum absolute atomic E-state index is 0.0512. The summed E-state index contributed by atoms with van der Waals surface area (Å²) in [7, 11) is 1.45. The van der Waals surface area contributed by atoms with Crippen LogP contribution in [0.2, 0.25) is 0 Å². The molecule has 0 aliphatic carbocycles. The van der Waals surface area contributed by atoms with Gasteiger partial charge in [-0.05, 0) is 35.7 Å². The molecular formula is C20H18F3N3O3. The summed E-state index contributed by atoms with van der Waals surface area (Å²) >= 11 is 0. The van der Waals surface area contributed by atoms with Crippen LogP contribution in [0, 0.1) is 0 Å². The zero-order chi connectivity index (χ0) is 21.2. The summed E-state index contributed by atoms with van der Waals surface area (Å²) in [5.74, 6) is -0.188. The summed E-state index contributed by atoms with van der Waals surface area (Å²) in [6, 6.07) is 9.55. The van der Waals surface area contributed by atoms with Gasteiger partial charge >= 0.3 is 6.18 Å². The van der Waals surface area contributed by atoms with Gasteiger partial charge in [-0.25, -0.2) is 4.68 Å². The van der Waals surface area contributed by atoms with Crippen molar-refractivity contribution in [3.63, 3.8) is 0 Å². The molecule has 2 aromatic carbocycles. The van der Waals surface area contributed by atoms with E-state index in [1.807, 2.05) is 0 Å². The first kappa shape index (κ1) is 20.5. The van der Waals surface area contributed by atoms with E-state index in [-0.39, 0.29) is 30.1 Å². The summed E-state index contributed by atoms with van der Waals surface area (Å²) in [4.78, 5) is 25.0. The van der Waals surface area contributed by atoms with Gasteiger partial charge in [0.15, 0.2) is 5.78 Å². The zero-order valence-corrected chi connectivity index (χ0v) is 15.7. The second-order valence-corrected chi connectivity index (χ2v) is 6.67. The number of ketones is 1. The first-order valence-corrected chi connectivity index (χ1v) is 8.80. The van der Waals surface area contributed by atoms with E-state index in [1.54, 1.807) is 25.1 Å². The first-order valence-electron chi connectivity index (χ1n) is 8.80. The van der Waals surface area contributed by atoms with Crippen molar-refractivity contribution >= 4 is 16.7 Å². The molecule has 0 radical (unpaired) electrons. The molecule has 0 unspecified atom stereocenters. The fourth-order valence-corrected chi connectivity index (χ4v) is 3.04. The van der Waals surface area contributed by atoms with Gasteiger partial charge in [0, 0.05) is 6.42 Å². The Morgan fingerprint density at radius 3 is 2.48 bits per heavy atom. The van der Waals surface area contributed by atoms with Crippen molar-refractivity contribution < 1.29 is 22.7 Å². The van der Waals surface area contributed by atoms with Crippen molar-refractivity contribution in [2.75, 3.05) is 7.11 Å². The Kier molecular flexibility index (Phi) is 5.67. The predicted molar refractivity (Wildman–Crippen MR) is 99.8 cm³/mol. The number of hydrogen-bond acceptors (Lipinski definition) is 5. The van der Waals surface area contributed by atoms with Crippen molar-refractivity contribution in [2.45, 2.75) is 32.0 Å². The van der Waals surface area contributed by atoms with E-state index < -0.39 is 17.3 Å². The Morgan fingerprint density at radius 2 is 1.86 bits per heavy atom. The molecule has 29 heavy (non-hydrogen) atoms. The molecule has 0 aliphatic rings. The maximum atomic E-state index is 12.7. The third-order valence-electron chi connectivity index (χ3n) is 4.60. The molecule has 6 nitrogen and oxygen atoms in total. The monoisotopic (exact) mass is 405 g/mol. The van der Waals surface area contributed by atoms with Crippen molar-refractivity contribution in [1.29, 1.82) is 0 Å². The van der Waals surface area contributed by atoms with Crippen molar-refractivity contribution in [2.24, 2.45) is 0 Å². The number of hydrogen-bond donors (Lipinski definition) is 0. The van der Waals surface area contributed by atoms with Gasteiger partial charge in [-0.3, -0.25) is 9.59 Å². The molecule has 152 valence electrons. The number of carbonyl (C=O) groups excluding carboxylic acids is 1. The standard InChI is InChI=1S/C20H18F3N3O3/c1-12(13-6-8-14(9-7-13)20(21,22)23)10-15(27)11-26-19(28)16-4-3-5-17(29-2)18(16)24-25-26/h3-9,12H,10-11H2,1-2H3/t12-/m1/s1. The largest absolute Gasteiger partial charge is 0.494 e. The number of nitrogens with zero attached hydrogens (tertiary/aromatic N) is 3. The molecule has 0 saturated carbocycles. The molecule has 0 aliphatic heterocycles. The maximum absolute atomic E-state index is 12.7. The van der Waals surface area contributed by atoms with E-state index in [2.05, 4.69) is 10.3 Å². The van der Waals surface area contributed by atoms with Gasteiger partial charge in [0.2, 0.25) is 0 Å². The van der Waals surface area contributed by atoms with Gasteiger partial charge in [-0.15, -0.1) is 5.10 Å². The number of Topliss-reactive ketones (excluding diaryl/α,β-unsaturated/α-hetero) is 1. The molecular weight excluding hydrogens is 387 g/mol. The van der Waals surface area contributed by atoms with E-state index >= 15 is 0 Å². The van der Waals surface area contributed by atoms with Gasteiger partial charge in [-0.2, -0.15) is 13.2 Å². The third-order valence-corrected chi connectivity index (χ3v) is 4.60. The topological polar surface area (TPSA) is 74.1 Å². The van der Waals surface area contributed by atoms with Crippen LogP contribution in [-0.4, -0.2) is 27.9 Å². The van der Waals surface area contributed by atoms with E-state index in [9.17, 15) is 22.8 Å². The highest BCUT2D eigenvalue weighted by atomic mass is 19.4. The van der Waals surface area contributed by atoms with Gasteiger partial charge in [0.1, 0.15) is 17.8 Å². The molecule has 1 atom stereocenters. The maximum Gasteiger partial charge on any atom is 0.416 e. The number of alkyl halides is 3. The predicted octanol–water partition coefficient (Wildman–Crippen LogP) is 3.58. The Labute approximate surface area is 163 Å². The van der Waals surface area contributed by atoms with Crippen LogP contribution in [0.15, 0.2) is 47.3 Å². The highest BCUT2D eigenvalue weighted by Gasteiger charge is 2.30. The molecule has 0 spiro atoms. The van der Waals surface area contributed by atoms with E-state index in [1.165, 1.54) is 19.2 Å². The van der Waals surface area contributed by atoms with Crippen LogP contribution in [0.3, 0.4) is 0 Å². The van der Waals surface area contributed by atoms with E-state index in [4.69, 9.17) is 4.74 Å². The van der Waals surface area contributed by atoms with Crippen molar-refractivity contribution in [3.05, 3.63) is 63.9 Å². The summed E-state index contributed by atoms with van der Waals surface area (Å²) in [5.41, 5.74) is -0.299. The minimum Gasteiger partial charge on any atom is -0.494 e. The fourth-order valence-electron chi connectivity index (χ4n) is 3.04. The highest BCUT2D eigenvalue weighted by molar-refractivity contribution is 5.83. The lowest BCUT2D eigenvalue weighted by molar-refractivity contribution is -0.137. The van der Waals surface area contributed by atoms with Gasteiger partial charge < -0.3 is 4.74 Å². The average molecular weight is 405 g/mol. The summed E-state index contributed by atoms with van der Waals surface area (Å²) < 4.78 is 44.1. The number of carbonyl (C=O) groups is 1. The van der Waals surface area contributed by atoms with Crippen LogP contribution < -0.4 is 10.3 Å². The smallest absolute Gasteiger partial charge is 0.416 e. The molecule has 0 fully saturated rings. The van der Waals surface area contributed by atoms with Crippen LogP contribution >= 0.6 is 0 Å². The van der Waals surface area contributed by atoms with Crippen LogP contribution in [-0.2, 0) is 17.5 Å². The molecule has 0 bridgehead atoms. The molecule has 1 heterocycles. The number of ether oxygens (including phenoxy) is 1. The molecule has 0 amide bonds. The summed E-state index contributed by atoms with van der Waals surface area (Å²) in [6.45, 7) is 1.46. The van der Waals surface area contributed by atoms with Gasteiger partial charge in [0.05, 0.1) is 18.1 Å². The van der Waals surface area contributed by atoms with Crippen LogP contribution in [0.1, 0.15) is 30.4 Å². The Balaban J connectivity index is 1.74. The lowest BCUT2D eigenvalue weighted by Crippen LogP contribution is -2.28. The van der Waals surface area contributed by atoms with E-state index in [0.29, 0.717) is 16.8 Å². The van der Waals surface area contributed by atoms with Gasteiger partial charge in [0.25, 0.3) is 5.56 Å². The van der Waals surface area contributed by atoms with Crippen molar-refractivity contribution in [1.82, 2.24) is 15.0 Å². The molecule has 3 aromatic rings. The molecule has 1 aromatic heterocycles. The molecule has 3 rings (SSSR count). The number of methoxy groups -OCH3 is 1. The minimum atomic E-state index is -4.41. The normalized spacial score (nSPS) is 12.7. The number of aromatic nitrogens is 3. The second kappa shape index (κ2) is 8.02. The highest BCUT2D eigenvalue weighted by Crippen LogP contribution is 2.30. The first-order chi connectivity index (χ1) is 13.7. The second-order valence-electron chi connectivity index (χ2n) is 6.67. The van der Waals surface area contributed by atoms with Gasteiger partial charge in [-0.1, -0.05) is 30.3 Å². The number of halogens is 3. The number of fused-ring (bicyclic) bond motifs is 1. The zero-order valence-electron chi connectivity index (χ0n) is 15.7. The Bertz CT molecular complexity index is 1090. The summed E-state index contributed by atoms with van der Waals surface area (Å²) in [6.07, 6.45) is -4.36. The fraction of sp³-hybridized carbons (Fsp3) is 0.300. The summed E-state index contributed by atoms with van der Waals surface area (Å²) in [5, 5.41) is 8.05. The lowest BCUT2D eigenvalue weighted by Gasteiger charge is -2.13. The Morgan fingerprint density at radius 1 is 1.17 bits per heavy atom. The van der Waals surface area contributed by atoms with E-state index in [0.717, 1.165) is 16.8 Å². The van der Waals surface area contributed by atoms with Crippen molar-refractivity contribution in [3.8, 4) is 5.75 Å². The van der Waals surface area contributed by atoms with Crippen LogP contribution in [0.4, 0.5) is 13.2 Å². The average Bonchev–Trinajstić information content (AvgIpc) is 2.69. The lowest BCUT2D eigenvalue weighted by atomic mass is 9.95. The number of rotatable bonds is 6. The SMILES string of the molecule is COc1cccc2c(=O)n(CC(=O)C[C@@H](C)c3ccc(C(F)(F)F)cc3)nnc12. The Hall–Kier alpha value is -3.23. The third kappa shape index (κ3) is 4.44. The molecule has 0 saturated heterocycles. The van der Waals surface area contributed by atoms with Crippen LogP contribution in [0.25, 0.3) is 10.9 Å². The quantitative estimate of drug-likeness (QED) is 0.627. The van der Waals surface area contributed by atoms with Crippen LogP contribution in [0.5, 0.6) is 5.75 Å².